The Morgan fingerprint density at radius 3 is 2.65 bits per heavy atom. The molecule has 2 aromatic carbocycles. The number of aromatic nitrogens is 2. The second-order valence-electron chi connectivity index (χ2n) is 5.94. The highest BCUT2D eigenvalue weighted by atomic mass is 19.1. The molecule has 1 amide bonds. The molecule has 3 rings (SSSR count). The molecule has 134 valence electrons. The summed E-state index contributed by atoms with van der Waals surface area (Å²) in [6, 6.07) is 12.5. The SMILES string of the molecule is C[C@@H](Oc1ccc(F)cc1)C(=O)N(C)Cc1nc2ccccc2c(=O)[nH]1. The van der Waals surface area contributed by atoms with Gasteiger partial charge >= 0.3 is 0 Å². The number of aromatic amines is 1. The lowest BCUT2D eigenvalue weighted by molar-refractivity contribution is -0.137. The summed E-state index contributed by atoms with van der Waals surface area (Å²) < 4.78 is 18.5. The van der Waals surface area contributed by atoms with Crippen LogP contribution in [0.2, 0.25) is 0 Å². The van der Waals surface area contributed by atoms with Gasteiger partial charge in [-0.15, -0.1) is 0 Å². The third kappa shape index (κ3) is 3.88. The van der Waals surface area contributed by atoms with Crippen LogP contribution in [-0.2, 0) is 11.3 Å². The van der Waals surface area contributed by atoms with Crippen LogP contribution >= 0.6 is 0 Å². The highest BCUT2D eigenvalue weighted by molar-refractivity contribution is 5.81. The topological polar surface area (TPSA) is 75.3 Å². The number of para-hydroxylation sites is 1. The van der Waals surface area contributed by atoms with Gasteiger partial charge in [0, 0.05) is 7.05 Å². The van der Waals surface area contributed by atoms with E-state index < -0.39 is 6.10 Å². The largest absolute Gasteiger partial charge is 0.481 e. The van der Waals surface area contributed by atoms with Crippen LogP contribution in [0.3, 0.4) is 0 Å². The Kier molecular flexibility index (Phi) is 4.97. The van der Waals surface area contributed by atoms with Crippen LogP contribution in [0.5, 0.6) is 5.75 Å². The van der Waals surface area contributed by atoms with Crippen molar-refractivity contribution in [2.45, 2.75) is 19.6 Å². The van der Waals surface area contributed by atoms with Crippen molar-refractivity contribution in [1.29, 1.82) is 0 Å². The van der Waals surface area contributed by atoms with Crippen molar-refractivity contribution in [2.75, 3.05) is 7.05 Å². The molecule has 3 aromatic rings. The first-order valence-electron chi connectivity index (χ1n) is 8.09. The first-order chi connectivity index (χ1) is 12.4. The fraction of sp³-hybridized carbons (Fsp3) is 0.211. The van der Waals surface area contributed by atoms with Gasteiger partial charge in [-0.25, -0.2) is 9.37 Å². The predicted molar refractivity (Wildman–Crippen MR) is 95.3 cm³/mol. The van der Waals surface area contributed by atoms with Crippen molar-refractivity contribution in [3.63, 3.8) is 0 Å². The number of ether oxygens (including phenoxy) is 1. The van der Waals surface area contributed by atoms with Gasteiger partial charge in [0.05, 0.1) is 17.4 Å². The molecule has 0 aliphatic carbocycles. The molecule has 0 saturated carbocycles. The Morgan fingerprint density at radius 1 is 1.23 bits per heavy atom. The molecule has 0 spiro atoms. The first kappa shape index (κ1) is 17.6. The zero-order valence-electron chi connectivity index (χ0n) is 14.4. The van der Waals surface area contributed by atoms with Crippen LogP contribution in [0, 0.1) is 5.82 Å². The Hall–Kier alpha value is -3.22. The molecule has 1 aromatic heterocycles. The molecule has 6 nitrogen and oxygen atoms in total. The molecule has 0 unspecified atom stereocenters. The quantitative estimate of drug-likeness (QED) is 0.763. The molecule has 26 heavy (non-hydrogen) atoms. The summed E-state index contributed by atoms with van der Waals surface area (Å²) in [6.07, 6.45) is -0.766. The summed E-state index contributed by atoms with van der Waals surface area (Å²) in [6.45, 7) is 1.74. The summed E-state index contributed by atoms with van der Waals surface area (Å²) in [7, 11) is 1.60. The van der Waals surface area contributed by atoms with Gasteiger partial charge in [0.25, 0.3) is 11.5 Å². The van der Waals surface area contributed by atoms with Crippen LogP contribution in [0.15, 0.2) is 53.3 Å². The standard InChI is InChI=1S/C19H18FN3O3/c1-12(26-14-9-7-13(20)8-10-14)19(25)23(2)11-17-21-16-6-4-3-5-15(16)18(24)22-17/h3-10,12H,11H2,1-2H3,(H,21,22,24)/t12-/m1/s1. The smallest absolute Gasteiger partial charge is 0.263 e. The lowest BCUT2D eigenvalue weighted by Gasteiger charge is -2.21. The number of carbonyl (C=O) groups excluding carboxylic acids is 1. The Morgan fingerprint density at radius 2 is 1.92 bits per heavy atom. The van der Waals surface area contributed by atoms with E-state index in [9.17, 15) is 14.0 Å². The zero-order valence-corrected chi connectivity index (χ0v) is 14.4. The first-order valence-corrected chi connectivity index (χ1v) is 8.09. The lowest BCUT2D eigenvalue weighted by atomic mass is 10.2. The van der Waals surface area contributed by atoms with Gasteiger partial charge in [-0.2, -0.15) is 0 Å². The van der Waals surface area contributed by atoms with Gasteiger partial charge in [0.2, 0.25) is 0 Å². The van der Waals surface area contributed by atoms with Crippen molar-refractivity contribution < 1.29 is 13.9 Å². The summed E-state index contributed by atoms with van der Waals surface area (Å²) in [5.41, 5.74) is 0.324. The van der Waals surface area contributed by atoms with Gasteiger partial charge in [0.1, 0.15) is 17.4 Å². The number of carbonyl (C=O) groups is 1. The molecule has 0 bridgehead atoms. The van der Waals surface area contributed by atoms with E-state index in [4.69, 9.17) is 4.74 Å². The van der Waals surface area contributed by atoms with E-state index in [1.807, 2.05) is 0 Å². The zero-order chi connectivity index (χ0) is 18.7. The van der Waals surface area contributed by atoms with E-state index in [0.29, 0.717) is 22.5 Å². The van der Waals surface area contributed by atoms with Gasteiger partial charge in [-0.3, -0.25) is 9.59 Å². The van der Waals surface area contributed by atoms with Crippen LogP contribution in [0.4, 0.5) is 4.39 Å². The van der Waals surface area contributed by atoms with E-state index in [1.165, 1.54) is 29.2 Å². The monoisotopic (exact) mass is 355 g/mol. The third-order valence-electron chi connectivity index (χ3n) is 3.90. The number of likely N-dealkylation sites (N-methyl/N-ethyl adjacent to an activating group) is 1. The number of nitrogens with one attached hydrogen (secondary N) is 1. The van der Waals surface area contributed by atoms with E-state index >= 15 is 0 Å². The van der Waals surface area contributed by atoms with Gasteiger partial charge in [-0.1, -0.05) is 12.1 Å². The fourth-order valence-electron chi connectivity index (χ4n) is 2.59. The van der Waals surface area contributed by atoms with E-state index in [-0.39, 0.29) is 23.8 Å². The number of amides is 1. The maximum absolute atomic E-state index is 12.9. The van der Waals surface area contributed by atoms with Gasteiger partial charge in [-0.05, 0) is 43.3 Å². The average molecular weight is 355 g/mol. The number of halogens is 1. The van der Waals surface area contributed by atoms with Crippen molar-refractivity contribution in [1.82, 2.24) is 14.9 Å². The van der Waals surface area contributed by atoms with Gasteiger partial charge in [0.15, 0.2) is 6.10 Å². The minimum Gasteiger partial charge on any atom is -0.481 e. The molecule has 1 N–H and O–H groups in total. The normalized spacial score (nSPS) is 12.0. The van der Waals surface area contributed by atoms with Crippen molar-refractivity contribution in [3.8, 4) is 5.75 Å². The number of H-pyrrole nitrogens is 1. The predicted octanol–water partition coefficient (Wildman–Crippen LogP) is 2.49. The average Bonchev–Trinajstić information content (AvgIpc) is 2.63. The number of fused-ring (bicyclic) bond motifs is 1. The Balaban J connectivity index is 1.70. The summed E-state index contributed by atoms with van der Waals surface area (Å²) in [5, 5.41) is 0.498. The van der Waals surface area contributed by atoms with Crippen molar-refractivity contribution >= 4 is 16.8 Å². The minimum atomic E-state index is -0.766. The van der Waals surface area contributed by atoms with Crippen molar-refractivity contribution in [3.05, 3.63) is 70.5 Å². The van der Waals surface area contributed by atoms with Crippen LogP contribution < -0.4 is 10.3 Å². The second-order valence-corrected chi connectivity index (χ2v) is 5.94. The maximum atomic E-state index is 12.9. The van der Waals surface area contributed by atoms with E-state index in [2.05, 4.69) is 9.97 Å². The fourth-order valence-corrected chi connectivity index (χ4v) is 2.59. The summed E-state index contributed by atoms with van der Waals surface area (Å²) in [5.74, 6) is 0.126. The number of rotatable bonds is 5. The highest BCUT2D eigenvalue weighted by Gasteiger charge is 2.20. The molecule has 1 atom stereocenters. The molecule has 0 aliphatic heterocycles. The van der Waals surface area contributed by atoms with Crippen LogP contribution in [0.1, 0.15) is 12.7 Å². The van der Waals surface area contributed by atoms with E-state index in [0.717, 1.165) is 0 Å². The Labute approximate surface area is 149 Å². The highest BCUT2D eigenvalue weighted by Crippen LogP contribution is 2.14. The molecule has 0 aliphatic rings. The molecule has 0 saturated heterocycles. The molecule has 0 fully saturated rings. The molecule has 0 radical (unpaired) electrons. The van der Waals surface area contributed by atoms with Crippen molar-refractivity contribution in [2.24, 2.45) is 0 Å². The summed E-state index contributed by atoms with van der Waals surface area (Å²) in [4.78, 5) is 33.1. The molecular weight excluding hydrogens is 337 g/mol. The van der Waals surface area contributed by atoms with Crippen LogP contribution in [-0.4, -0.2) is 33.9 Å². The molecule has 1 heterocycles. The number of hydrogen-bond donors (Lipinski definition) is 1. The third-order valence-corrected chi connectivity index (χ3v) is 3.90. The number of benzene rings is 2. The molecular formula is C19H18FN3O3. The number of nitrogens with zero attached hydrogens (tertiary/aromatic N) is 2. The van der Waals surface area contributed by atoms with E-state index in [1.54, 1.807) is 38.2 Å². The van der Waals surface area contributed by atoms with Gasteiger partial charge < -0.3 is 14.6 Å². The Bertz CT molecular complexity index is 985. The minimum absolute atomic E-state index is 0.135. The molecule has 7 heteroatoms. The van der Waals surface area contributed by atoms with Crippen LogP contribution in [0.25, 0.3) is 10.9 Å². The number of hydrogen-bond acceptors (Lipinski definition) is 4. The maximum Gasteiger partial charge on any atom is 0.263 e. The lowest BCUT2D eigenvalue weighted by Crippen LogP contribution is -2.38. The summed E-state index contributed by atoms with van der Waals surface area (Å²) >= 11 is 0. The second kappa shape index (κ2) is 7.35.